The fourth-order valence-electron chi connectivity index (χ4n) is 2.59. The molecule has 2 fully saturated rings. The van der Waals surface area contributed by atoms with Gasteiger partial charge in [0.25, 0.3) is 0 Å². The van der Waals surface area contributed by atoms with Gasteiger partial charge >= 0.3 is 0 Å². The van der Waals surface area contributed by atoms with Crippen LogP contribution in [0.15, 0.2) is 30.3 Å². The van der Waals surface area contributed by atoms with Crippen molar-refractivity contribution in [1.29, 1.82) is 0 Å². The predicted octanol–water partition coefficient (Wildman–Crippen LogP) is 0.733. The van der Waals surface area contributed by atoms with Crippen molar-refractivity contribution in [1.82, 2.24) is 0 Å². The molecule has 0 radical (unpaired) electrons. The normalized spacial score (nSPS) is 35.4. The number of fused-ring (bicyclic) bond motifs is 1. The minimum absolute atomic E-state index is 0.0465. The van der Waals surface area contributed by atoms with E-state index in [4.69, 9.17) is 18.9 Å². The zero-order valence-electron chi connectivity index (χ0n) is 11.7. The summed E-state index contributed by atoms with van der Waals surface area (Å²) in [6, 6.07) is 8.90. The Labute approximate surface area is 122 Å². The molecule has 0 aliphatic carbocycles. The molecule has 6 heteroatoms. The first kappa shape index (κ1) is 14.6. The third-order valence-electron chi connectivity index (χ3n) is 3.77. The fraction of sp³-hybridized carbons (Fsp3) is 0.533. The summed E-state index contributed by atoms with van der Waals surface area (Å²) in [5.41, 5.74) is 0.585. The van der Waals surface area contributed by atoms with Gasteiger partial charge in [-0.15, -0.1) is 0 Å². The number of benzene rings is 1. The number of hydrogen-bond donors (Lipinski definition) is 1. The van der Waals surface area contributed by atoms with Gasteiger partial charge < -0.3 is 24.1 Å². The van der Waals surface area contributed by atoms with Gasteiger partial charge in [-0.25, -0.2) is 0 Å². The smallest absolute Gasteiger partial charge is 0.189 e. The lowest BCUT2D eigenvalue weighted by molar-refractivity contribution is -0.326. The van der Waals surface area contributed by atoms with Gasteiger partial charge in [0.15, 0.2) is 18.4 Å². The first-order chi connectivity index (χ1) is 10.2. The Morgan fingerprint density at radius 2 is 2.10 bits per heavy atom. The highest BCUT2D eigenvalue weighted by Gasteiger charge is 2.47. The molecule has 0 amide bonds. The van der Waals surface area contributed by atoms with Gasteiger partial charge in [-0.2, -0.15) is 0 Å². The number of carbonyl (C=O) groups is 1. The molecule has 1 aromatic carbocycles. The van der Waals surface area contributed by atoms with Gasteiger partial charge in [-0.05, 0) is 0 Å². The van der Waals surface area contributed by atoms with Gasteiger partial charge in [0.05, 0.1) is 6.61 Å². The third kappa shape index (κ3) is 3.00. The highest BCUT2D eigenvalue weighted by molar-refractivity contribution is 5.96. The first-order valence-electron chi connectivity index (χ1n) is 6.90. The first-order valence-corrected chi connectivity index (χ1v) is 6.90. The van der Waals surface area contributed by atoms with E-state index in [1.54, 1.807) is 31.4 Å². The number of methoxy groups -OCH3 is 1. The second-order valence-electron chi connectivity index (χ2n) is 5.13. The number of hydrogen-bond acceptors (Lipinski definition) is 6. The quantitative estimate of drug-likeness (QED) is 0.825. The molecular formula is C15H18O6. The Kier molecular flexibility index (Phi) is 4.32. The van der Waals surface area contributed by atoms with E-state index in [-0.39, 0.29) is 18.3 Å². The Balaban J connectivity index is 1.66. The predicted molar refractivity (Wildman–Crippen MR) is 71.7 cm³/mol. The minimum Gasteiger partial charge on any atom is -0.376 e. The van der Waals surface area contributed by atoms with Crippen LogP contribution >= 0.6 is 0 Å². The van der Waals surface area contributed by atoms with Crippen molar-refractivity contribution >= 4 is 5.78 Å². The number of carbonyl (C=O) groups excluding carboxylic acids is 1. The van der Waals surface area contributed by atoms with Crippen LogP contribution in [0, 0.1) is 0 Å². The summed E-state index contributed by atoms with van der Waals surface area (Å²) in [7, 11) is 1.56. The number of ketones is 1. The Morgan fingerprint density at radius 3 is 2.81 bits per heavy atom. The molecule has 0 bridgehead atoms. The Morgan fingerprint density at radius 1 is 1.33 bits per heavy atom. The number of ether oxygens (including phenoxy) is 4. The third-order valence-corrected chi connectivity index (χ3v) is 3.77. The molecule has 0 saturated carbocycles. The van der Waals surface area contributed by atoms with Crippen LogP contribution in [-0.2, 0) is 18.9 Å². The van der Waals surface area contributed by atoms with E-state index in [0.717, 1.165) is 0 Å². The highest BCUT2D eigenvalue weighted by Crippen LogP contribution is 2.30. The van der Waals surface area contributed by atoms with E-state index in [2.05, 4.69) is 0 Å². The van der Waals surface area contributed by atoms with Crippen LogP contribution in [0.5, 0.6) is 0 Å². The maximum absolute atomic E-state index is 12.2. The molecule has 114 valence electrons. The van der Waals surface area contributed by atoms with Crippen molar-refractivity contribution < 1.29 is 28.8 Å². The zero-order chi connectivity index (χ0) is 14.8. The Bertz CT molecular complexity index is 490. The van der Waals surface area contributed by atoms with Crippen LogP contribution in [0.1, 0.15) is 16.8 Å². The van der Waals surface area contributed by atoms with Crippen LogP contribution in [-0.4, -0.2) is 55.5 Å². The van der Waals surface area contributed by atoms with Crippen LogP contribution in [0.3, 0.4) is 0 Å². The van der Waals surface area contributed by atoms with Crippen molar-refractivity contribution in [2.24, 2.45) is 0 Å². The molecule has 0 aromatic heterocycles. The Hall–Kier alpha value is -1.31. The van der Waals surface area contributed by atoms with Crippen molar-refractivity contribution in [3.63, 3.8) is 0 Å². The molecule has 21 heavy (non-hydrogen) atoms. The van der Waals surface area contributed by atoms with Gasteiger partial charge in [-0.1, -0.05) is 30.3 Å². The van der Waals surface area contributed by atoms with Crippen molar-refractivity contribution in [2.75, 3.05) is 13.7 Å². The topological polar surface area (TPSA) is 74.2 Å². The van der Waals surface area contributed by atoms with Crippen LogP contribution in [0.4, 0.5) is 0 Å². The lowest BCUT2D eigenvalue weighted by Crippen LogP contribution is -2.51. The second-order valence-corrected chi connectivity index (χ2v) is 5.13. The van der Waals surface area contributed by atoms with E-state index in [1.807, 2.05) is 6.07 Å². The van der Waals surface area contributed by atoms with E-state index < -0.39 is 24.8 Å². The molecule has 0 unspecified atom stereocenters. The maximum Gasteiger partial charge on any atom is 0.189 e. The summed E-state index contributed by atoms with van der Waals surface area (Å²) in [6.45, 7) is 0.345. The largest absolute Gasteiger partial charge is 0.376 e. The molecule has 0 spiro atoms. The number of rotatable bonds is 4. The standard InChI is InChI=1S/C15H18O6/c1-18-12-8-19-15-13(12)20-11(14(17)21-15)7-10(16)9-5-3-2-4-6-9/h2-6,11-15,17H,7-8H2,1H3/t11-,12-,13+,14+,15+/m1/s1. The molecule has 2 aliphatic rings. The van der Waals surface area contributed by atoms with Gasteiger partial charge in [0.1, 0.15) is 18.3 Å². The fourth-order valence-corrected chi connectivity index (χ4v) is 2.59. The molecule has 1 N–H and O–H groups in total. The molecule has 2 heterocycles. The molecule has 2 saturated heterocycles. The zero-order valence-corrected chi connectivity index (χ0v) is 11.7. The number of aliphatic hydroxyl groups is 1. The van der Waals surface area contributed by atoms with Crippen molar-refractivity contribution in [2.45, 2.75) is 37.3 Å². The van der Waals surface area contributed by atoms with Crippen LogP contribution in [0.25, 0.3) is 0 Å². The van der Waals surface area contributed by atoms with E-state index in [9.17, 15) is 9.90 Å². The maximum atomic E-state index is 12.2. The summed E-state index contributed by atoms with van der Waals surface area (Å²) < 4.78 is 21.7. The summed E-state index contributed by atoms with van der Waals surface area (Å²) >= 11 is 0. The molecular weight excluding hydrogens is 276 g/mol. The summed E-state index contributed by atoms with van der Waals surface area (Å²) in [6.07, 6.45) is -3.19. The molecule has 3 rings (SSSR count). The van der Waals surface area contributed by atoms with Gasteiger partial charge in [0.2, 0.25) is 0 Å². The molecule has 2 aliphatic heterocycles. The van der Waals surface area contributed by atoms with E-state index in [0.29, 0.717) is 12.2 Å². The lowest BCUT2D eigenvalue weighted by Gasteiger charge is -2.36. The minimum atomic E-state index is -1.19. The summed E-state index contributed by atoms with van der Waals surface area (Å²) in [5, 5.41) is 9.95. The second kappa shape index (κ2) is 6.21. The van der Waals surface area contributed by atoms with E-state index in [1.165, 1.54) is 0 Å². The van der Waals surface area contributed by atoms with Gasteiger partial charge in [0, 0.05) is 19.1 Å². The van der Waals surface area contributed by atoms with Crippen LogP contribution < -0.4 is 0 Å². The van der Waals surface area contributed by atoms with Crippen molar-refractivity contribution in [3.8, 4) is 0 Å². The van der Waals surface area contributed by atoms with E-state index >= 15 is 0 Å². The average Bonchev–Trinajstić information content (AvgIpc) is 2.90. The average molecular weight is 294 g/mol. The molecule has 5 atom stereocenters. The highest BCUT2D eigenvalue weighted by atomic mass is 16.8. The summed E-state index contributed by atoms with van der Waals surface area (Å²) in [5.74, 6) is -0.102. The van der Waals surface area contributed by atoms with Crippen molar-refractivity contribution in [3.05, 3.63) is 35.9 Å². The number of aliphatic hydroxyl groups excluding tert-OH is 1. The number of Topliss-reactive ketones (excluding diaryl/α,β-unsaturated/α-hetero) is 1. The SMILES string of the molecule is CO[C@@H]1CO[C@H]2O[C@H](O)[C@@H](CC(=O)c3ccccc3)O[C@H]21. The summed E-state index contributed by atoms with van der Waals surface area (Å²) in [4.78, 5) is 12.2. The molecule has 6 nitrogen and oxygen atoms in total. The van der Waals surface area contributed by atoms with Crippen LogP contribution in [0.2, 0.25) is 0 Å². The monoisotopic (exact) mass is 294 g/mol. The molecule has 1 aromatic rings. The van der Waals surface area contributed by atoms with Gasteiger partial charge in [-0.3, -0.25) is 4.79 Å². The lowest BCUT2D eigenvalue weighted by atomic mass is 10.0.